The highest BCUT2D eigenvalue weighted by atomic mass is 35.5. The summed E-state index contributed by atoms with van der Waals surface area (Å²) in [5.41, 5.74) is 2.37. The van der Waals surface area contributed by atoms with E-state index in [2.05, 4.69) is 17.1 Å². The average Bonchev–Trinajstić information content (AvgIpc) is 2.82. The second kappa shape index (κ2) is 8.32. The van der Waals surface area contributed by atoms with Gasteiger partial charge in [0, 0.05) is 38.3 Å². The van der Waals surface area contributed by atoms with Crippen LogP contribution in [0.15, 0.2) is 24.3 Å². The molecule has 1 amide bonds. The lowest BCUT2D eigenvalue weighted by Crippen LogP contribution is -2.40. The van der Waals surface area contributed by atoms with Gasteiger partial charge in [0.15, 0.2) is 0 Å². The highest BCUT2D eigenvalue weighted by Crippen LogP contribution is 2.26. The van der Waals surface area contributed by atoms with Gasteiger partial charge in [0.25, 0.3) is 5.91 Å². The first-order valence-electron chi connectivity index (χ1n) is 8.85. The maximum absolute atomic E-state index is 12.7. The van der Waals surface area contributed by atoms with Crippen molar-refractivity contribution in [3.05, 3.63) is 35.4 Å². The minimum absolute atomic E-state index is 0. The van der Waals surface area contributed by atoms with Crippen LogP contribution < -0.4 is 5.32 Å². The average molecular weight is 352 g/mol. The van der Waals surface area contributed by atoms with Crippen LogP contribution in [0.4, 0.5) is 0 Å². The molecule has 2 saturated heterocycles. The molecule has 0 spiro atoms. The molecule has 0 aliphatic carbocycles. The van der Waals surface area contributed by atoms with Gasteiger partial charge in [0.05, 0.1) is 0 Å². The molecule has 24 heavy (non-hydrogen) atoms. The van der Waals surface area contributed by atoms with E-state index in [9.17, 15) is 4.79 Å². The molecule has 1 N–H and O–H groups in total. The molecule has 2 fully saturated rings. The van der Waals surface area contributed by atoms with E-state index in [0.29, 0.717) is 5.41 Å². The van der Waals surface area contributed by atoms with Crippen molar-refractivity contribution in [2.45, 2.75) is 26.7 Å². The molecule has 1 aromatic rings. The summed E-state index contributed by atoms with van der Waals surface area (Å²) < 4.78 is 0. The van der Waals surface area contributed by atoms with Crippen molar-refractivity contribution in [1.82, 2.24) is 15.1 Å². The molecule has 0 bridgehead atoms. The Labute approximate surface area is 152 Å². The Morgan fingerprint density at radius 2 is 2.08 bits per heavy atom. The molecular weight excluding hydrogens is 322 g/mol. The van der Waals surface area contributed by atoms with Crippen molar-refractivity contribution in [3.63, 3.8) is 0 Å². The summed E-state index contributed by atoms with van der Waals surface area (Å²) in [5.74, 6) is 0.185. The molecule has 0 saturated carbocycles. The zero-order chi connectivity index (χ0) is 16.3. The van der Waals surface area contributed by atoms with Gasteiger partial charge in [-0.3, -0.25) is 4.79 Å². The third-order valence-electron chi connectivity index (χ3n) is 5.20. The lowest BCUT2D eigenvalue weighted by Gasteiger charge is -2.31. The monoisotopic (exact) mass is 351 g/mol. The molecule has 1 aromatic carbocycles. The van der Waals surface area contributed by atoms with Gasteiger partial charge in [-0.1, -0.05) is 24.6 Å². The number of amides is 1. The van der Waals surface area contributed by atoms with E-state index in [0.717, 1.165) is 63.4 Å². The maximum Gasteiger partial charge on any atom is 0.253 e. The first-order valence-corrected chi connectivity index (χ1v) is 8.85. The van der Waals surface area contributed by atoms with E-state index in [1.165, 1.54) is 6.42 Å². The molecule has 2 heterocycles. The Hall–Kier alpha value is -1.10. The van der Waals surface area contributed by atoms with Crippen LogP contribution in [0.1, 0.15) is 35.7 Å². The molecule has 1 atom stereocenters. The Morgan fingerprint density at radius 3 is 2.79 bits per heavy atom. The third-order valence-corrected chi connectivity index (χ3v) is 5.20. The van der Waals surface area contributed by atoms with Gasteiger partial charge in [0.2, 0.25) is 0 Å². The third kappa shape index (κ3) is 4.71. The summed E-state index contributed by atoms with van der Waals surface area (Å²) in [4.78, 5) is 17.3. The number of hydrogen-bond acceptors (Lipinski definition) is 3. The van der Waals surface area contributed by atoms with Gasteiger partial charge in [-0.15, -0.1) is 12.4 Å². The number of benzene rings is 1. The van der Waals surface area contributed by atoms with Gasteiger partial charge in [-0.05, 0) is 50.4 Å². The lowest BCUT2D eigenvalue weighted by atomic mass is 9.89. The molecular formula is C19H30ClN3O. The number of carbonyl (C=O) groups excluding carboxylic acids is 1. The second-order valence-corrected chi connectivity index (χ2v) is 7.53. The normalized spacial score (nSPS) is 25.2. The summed E-state index contributed by atoms with van der Waals surface area (Å²) in [6.07, 6.45) is 2.33. The maximum atomic E-state index is 12.7. The minimum atomic E-state index is 0. The molecule has 3 rings (SSSR count). The number of hydrogen-bond donors (Lipinski definition) is 1. The minimum Gasteiger partial charge on any atom is -0.337 e. The van der Waals surface area contributed by atoms with Crippen molar-refractivity contribution in [1.29, 1.82) is 0 Å². The molecule has 134 valence electrons. The van der Waals surface area contributed by atoms with Gasteiger partial charge in [0.1, 0.15) is 0 Å². The summed E-state index contributed by atoms with van der Waals surface area (Å²) >= 11 is 0. The standard InChI is InChI=1S/C19H29N3O.ClH/c1-16-5-3-6-17(13-16)18(23)22-10-4-9-21(11-12-22)15-19(2)7-8-20-14-19;/h3,5-6,13,20H,4,7-12,14-15H2,1-2H3;1H. The van der Waals surface area contributed by atoms with Crippen LogP contribution in [0, 0.1) is 12.3 Å². The van der Waals surface area contributed by atoms with Gasteiger partial charge in [-0.25, -0.2) is 0 Å². The van der Waals surface area contributed by atoms with Crippen LogP contribution in [0.3, 0.4) is 0 Å². The predicted molar refractivity (Wildman–Crippen MR) is 101 cm³/mol. The zero-order valence-corrected chi connectivity index (χ0v) is 15.7. The van der Waals surface area contributed by atoms with Crippen molar-refractivity contribution < 1.29 is 4.79 Å². The highest BCUT2D eigenvalue weighted by Gasteiger charge is 2.31. The van der Waals surface area contributed by atoms with E-state index in [1.807, 2.05) is 36.1 Å². The first-order chi connectivity index (χ1) is 11.1. The summed E-state index contributed by atoms with van der Waals surface area (Å²) in [7, 11) is 0. The molecule has 5 heteroatoms. The van der Waals surface area contributed by atoms with E-state index in [4.69, 9.17) is 0 Å². The van der Waals surface area contributed by atoms with Gasteiger partial charge in [-0.2, -0.15) is 0 Å². The number of rotatable bonds is 3. The summed E-state index contributed by atoms with van der Waals surface area (Å²) in [5, 5.41) is 3.48. The molecule has 2 aliphatic rings. The Morgan fingerprint density at radius 1 is 1.25 bits per heavy atom. The fourth-order valence-corrected chi connectivity index (χ4v) is 3.84. The Bertz CT molecular complexity index is 557. The number of aryl methyl sites for hydroxylation is 1. The van der Waals surface area contributed by atoms with Crippen molar-refractivity contribution in [2.75, 3.05) is 45.8 Å². The van der Waals surface area contributed by atoms with Gasteiger partial charge < -0.3 is 15.1 Å². The van der Waals surface area contributed by atoms with E-state index in [1.54, 1.807) is 0 Å². The van der Waals surface area contributed by atoms with Crippen LogP contribution in [-0.2, 0) is 0 Å². The molecule has 4 nitrogen and oxygen atoms in total. The van der Waals surface area contributed by atoms with Crippen molar-refractivity contribution >= 4 is 18.3 Å². The van der Waals surface area contributed by atoms with Gasteiger partial charge >= 0.3 is 0 Å². The van der Waals surface area contributed by atoms with Crippen LogP contribution >= 0.6 is 12.4 Å². The van der Waals surface area contributed by atoms with E-state index in [-0.39, 0.29) is 18.3 Å². The zero-order valence-electron chi connectivity index (χ0n) is 14.9. The number of nitrogens with zero attached hydrogens (tertiary/aromatic N) is 2. The number of carbonyl (C=O) groups is 1. The largest absolute Gasteiger partial charge is 0.337 e. The summed E-state index contributed by atoms with van der Waals surface area (Å²) in [6, 6.07) is 7.94. The Balaban J connectivity index is 0.00000208. The molecule has 2 aliphatic heterocycles. The van der Waals surface area contributed by atoms with E-state index >= 15 is 0 Å². The number of nitrogens with one attached hydrogen (secondary N) is 1. The first kappa shape index (κ1) is 19.2. The summed E-state index contributed by atoms with van der Waals surface area (Å²) in [6.45, 7) is 11.6. The topological polar surface area (TPSA) is 35.6 Å². The lowest BCUT2D eigenvalue weighted by molar-refractivity contribution is 0.0758. The molecule has 1 unspecified atom stereocenters. The van der Waals surface area contributed by atoms with E-state index < -0.39 is 0 Å². The predicted octanol–water partition coefficient (Wildman–Crippen LogP) is 2.56. The van der Waals surface area contributed by atoms with Crippen molar-refractivity contribution in [3.8, 4) is 0 Å². The fourth-order valence-electron chi connectivity index (χ4n) is 3.84. The van der Waals surface area contributed by atoms with Crippen LogP contribution in [0.5, 0.6) is 0 Å². The van der Waals surface area contributed by atoms with Crippen molar-refractivity contribution in [2.24, 2.45) is 5.41 Å². The quantitative estimate of drug-likeness (QED) is 0.909. The van der Waals surface area contributed by atoms with Crippen LogP contribution in [0.2, 0.25) is 0 Å². The highest BCUT2D eigenvalue weighted by molar-refractivity contribution is 5.94. The fraction of sp³-hybridized carbons (Fsp3) is 0.632. The SMILES string of the molecule is Cc1cccc(C(=O)N2CCCN(CC3(C)CCNC3)CC2)c1.Cl. The van der Waals surface area contributed by atoms with Crippen LogP contribution in [-0.4, -0.2) is 61.5 Å². The molecule has 0 radical (unpaired) electrons. The smallest absolute Gasteiger partial charge is 0.253 e. The second-order valence-electron chi connectivity index (χ2n) is 7.53. The van der Waals surface area contributed by atoms with Crippen LogP contribution in [0.25, 0.3) is 0 Å². The molecule has 0 aromatic heterocycles. The Kier molecular flexibility index (Phi) is 6.67. The number of halogens is 1.